The minimum Gasteiger partial charge on any atom is -0.476 e. The summed E-state index contributed by atoms with van der Waals surface area (Å²) in [5, 5.41) is 21.7. The van der Waals surface area contributed by atoms with E-state index in [-0.39, 0.29) is 5.69 Å². The Morgan fingerprint density at radius 1 is 1.75 bits per heavy atom. The number of carboxylic acids is 1. The van der Waals surface area contributed by atoms with Crippen molar-refractivity contribution in [2.45, 2.75) is 6.92 Å². The highest BCUT2D eigenvalue weighted by Crippen LogP contribution is 2.08. The van der Waals surface area contributed by atoms with Crippen molar-refractivity contribution >= 4 is 23.0 Å². The average molecular weight is 186 g/mol. The van der Waals surface area contributed by atoms with Crippen molar-refractivity contribution in [2.75, 3.05) is 0 Å². The van der Waals surface area contributed by atoms with Crippen LogP contribution in [-0.4, -0.2) is 27.0 Å². The van der Waals surface area contributed by atoms with Crippen LogP contribution in [0.15, 0.2) is 10.5 Å². The minimum absolute atomic E-state index is 0.188. The summed E-state index contributed by atoms with van der Waals surface area (Å²) >= 11 is 1.30. The van der Waals surface area contributed by atoms with Crippen LogP contribution in [0, 0.1) is 6.92 Å². The van der Waals surface area contributed by atoms with Gasteiger partial charge in [-0.15, -0.1) is 11.3 Å². The van der Waals surface area contributed by atoms with Crippen molar-refractivity contribution in [1.82, 2.24) is 4.98 Å². The van der Waals surface area contributed by atoms with Gasteiger partial charge < -0.3 is 10.3 Å². The second-order valence-corrected chi connectivity index (χ2v) is 3.07. The molecule has 0 amide bonds. The van der Waals surface area contributed by atoms with Crippen LogP contribution in [0.1, 0.15) is 10.7 Å². The zero-order chi connectivity index (χ0) is 9.14. The summed E-state index contributed by atoms with van der Waals surface area (Å²) in [4.78, 5) is 14.3. The Morgan fingerprint density at radius 3 is 2.75 bits per heavy atom. The van der Waals surface area contributed by atoms with Crippen molar-refractivity contribution < 1.29 is 15.1 Å². The predicted octanol–water partition coefficient (Wildman–Crippen LogP) is 0.714. The SMILES string of the molecule is Cc1nc(C(=NO)C(=O)O)cs1. The molecule has 1 aromatic heterocycles. The molecule has 6 heteroatoms. The Bertz CT molecular complexity index is 331. The highest BCUT2D eigenvalue weighted by atomic mass is 32.1. The van der Waals surface area contributed by atoms with E-state index in [9.17, 15) is 4.79 Å². The van der Waals surface area contributed by atoms with Gasteiger partial charge in [-0.3, -0.25) is 0 Å². The molecule has 0 saturated carbocycles. The van der Waals surface area contributed by atoms with Crippen LogP contribution in [0.3, 0.4) is 0 Å². The number of oxime groups is 1. The van der Waals surface area contributed by atoms with Gasteiger partial charge in [0.25, 0.3) is 0 Å². The lowest BCUT2D eigenvalue weighted by molar-refractivity contribution is -0.129. The number of carbonyl (C=O) groups is 1. The van der Waals surface area contributed by atoms with E-state index in [1.165, 1.54) is 16.7 Å². The number of aromatic nitrogens is 1. The lowest BCUT2D eigenvalue weighted by atomic mass is 10.3. The van der Waals surface area contributed by atoms with Gasteiger partial charge in [0.2, 0.25) is 5.71 Å². The molecule has 0 spiro atoms. The third-order valence-electron chi connectivity index (χ3n) is 1.16. The van der Waals surface area contributed by atoms with Crippen LogP contribution in [0.5, 0.6) is 0 Å². The van der Waals surface area contributed by atoms with Gasteiger partial charge in [0.15, 0.2) is 0 Å². The van der Waals surface area contributed by atoms with Gasteiger partial charge >= 0.3 is 5.97 Å². The minimum atomic E-state index is -1.29. The molecule has 0 fully saturated rings. The number of hydrogen-bond donors (Lipinski definition) is 2. The maximum Gasteiger partial charge on any atom is 0.360 e. The summed E-state index contributed by atoms with van der Waals surface area (Å²) in [6.45, 7) is 1.74. The first-order valence-electron chi connectivity index (χ1n) is 3.03. The van der Waals surface area contributed by atoms with Crippen LogP contribution < -0.4 is 0 Å². The van der Waals surface area contributed by atoms with E-state index in [0.29, 0.717) is 0 Å². The second-order valence-electron chi connectivity index (χ2n) is 2.01. The number of hydrogen-bond acceptors (Lipinski definition) is 5. The van der Waals surface area contributed by atoms with Crippen molar-refractivity contribution in [3.05, 3.63) is 16.1 Å². The van der Waals surface area contributed by atoms with Gasteiger partial charge in [0.1, 0.15) is 5.69 Å². The standard InChI is InChI=1S/C6H6N2O3S/c1-3-7-4(2-12-3)5(8-11)6(9)10/h2,11H,1H3,(H,9,10). The number of carboxylic acid groups (broad SMARTS) is 1. The van der Waals surface area contributed by atoms with Crippen molar-refractivity contribution in [3.63, 3.8) is 0 Å². The van der Waals surface area contributed by atoms with Gasteiger partial charge in [-0.2, -0.15) is 0 Å². The van der Waals surface area contributed by atoms with Crippen LogP contribution >= 0.6 is 11.3 Å². The van der Waals surface area contributed by atoms with E-state index < -0.39 is 11.7 Å². The number of aliphatic carboxylic acids is 1. The summed E-state index contributed by atoms with van der Waals surface area (Å²) in [7, 11) is 0. The van der Waals surface area contributed by atoms with E-state index in [1.54, 1.807) is 6.92 Å². The molecule has 0 aliphatic rings. The largest absolute Gasteiger partial charge is 0.476 e. The zero-order valence-corrected chi connectivity index (χ0v) is 7.00. The Morgan fingerprint density at radius 2 is 2.42 bits per heavy atom. The Kier molecular flexibility index (Phi) is 2.39. The van der Waals surface area contributed by atoms with Crippen molar-refractivity contribution in [3.8, 4) is 0 Å². The van der Waals surface area contributed by atoms with E-state index in [1.807, 2.05) is 0 Å². The molecular weight excluding hydrogens is 180 g/mol. The summed E-state index contributed by atoms with van der Waals surface area (Å²) in [5.41, 5.74) is -0.244. The Balaban J connectivity index is 3.04. The molecule has 1 aromatic rings. The summed E-state index contributed by atoms with van der Waals surface area (Å²) < 4.78 is 0. The fourth-order valence-electron chi connectivity index (χ4n) is 0.676. The molecule has 0 radical (unpaired) electrons. The van der Waals surface area contributed by atoms with Crippen LogP contribution in [0.4, 0.5) is 0 Å². The molecule has 0 saturated heterocycles. The molecule has 5 nitrogen and oxygen atoms in total. The first-order valence-corrected chi connectivity index (χ1v) is 3.91. The van der Waals surface area contributed by atoms with E-state index in [0.717, 1.165) is 5.01 Å². The maximum atomic E-state index is 10.4. The van der Waals surface area contributed by atoms with Gasteiger partial charge in [0.05, 0.1) is 5.01 Å². The molecule has 0 atom stereocenters. The monoisotopic (exact) mass is 186 g/mol. The van der Waals surface area contributed by atoms with E-state index in [4.69, 9.17) is 10.3 Å². The molecule has 0 aliphatic carbocycles. The Labute approximate surface area is 72.0 Å². The molecule has 12 heavy (non-hydrogen) atoms. The van der Waals surface area contributed by atoms with E-state index in [2.05, 4.69) is 10.1 Å². The fraction of sp³-hybridized carbons (Fsp3) is 0.167. The number of nitrogens with zero attached hydrogens (tertiary/aromatic N) is 2. The molecule has 0 aliphatic heterocycles. The molecule has 0 unspecified atom stereocenters. The summed E-state index contributed by atoms with van der Waals surface area (Å²) in [6, 6.07) is 0. The summed E-state index contributed by atoms with van der Waals surface area (Å²) in [5.74, 6) is -1.29. The summed E-state index contributed by atoms with van der Waals surface area (Å²) in [6.07, 6.45) is 0. The molecule has 0 bridgehead atoms. The third-order valence-corrected chi connectivity index (χ3v) is 1.94. The molecule has 0 aromatic carbocycles. The lowest BCUT2D eigenvalue weighted by Gasteiger charge is -1.90. The normalized spacial score (nSPS) is 11.6. The molecule has 64 valence electrons. The second kappa shape index (κ2) is 3.31. The topological polar surface area (TPSA) is 82.8 Å². The van der Waals surface area contributed by atoms with Crippen molar-refractivity contribution in [2.24, 2.45) is 5.16 Å². The molecule has 1 rings (SSSR count). The molecule has 1 heterocycles. The average Bonchev–Trinajstić information content (AvgIpc) is 2.37. The van der Waals surface area contributed by atoms with E-state index >= 15 is 0 Å². The highest BCUT2D eigenvalue weighted by Gasteiger charge is 2.15. The predicted molar refractivity (Wildman–Crippen MR) is 42.8 cm³/mol. The van der Waals surface area contributed by atoms with Gasteiger partial charge in [-0.1, -0.05) is 5.16 Å². The van der Waals surface area contributed by atoms with Gasteiger partial charge in [0, 0.05) is 5.38 Å². The maximum absolute atomic E-state index is 10.4. The number of rotatable bonds is 2. The highest BCUT2D eigenvalue weighted by molar-refractivity contribution is 7.09. The van der Waals surface area contributed by atoms with Crippen LogP contribution in [0.25, 0.3) is 0 Å². The molecular formula is C6H6N2O3S. The number of aryl methyl sites for hydroxylation is 1. The third kappa shape index (κ3) is 1.59. The first kappa shape index (κ1) is 8.66. The van der Waals surface area contributed by atoms with Crippen LogP contribution in [-0.2, 0) is 4.79 Å². The zero-order valence-electron chi connectivity index (χ0n) is 6.18. The smallest absolute Gasteiger partial charge is 0.360 e. The van der Waals surface area contributed by atoms with Gasteiger partial charge in [-0.05, 0) is 6.92 Å². The first-order chi connectivity index (χ1) is 5.65. The quantitative estimate of drug-likeness (QED) is 0.405. The van der Waals surface area contributed by atoms with Crippen LogP contribution in [0.2, 0.25) is 0 Å². The lowest BCUT2D eigenvalue weighted by Crippen LogP contribution is -2.14. The van der Waals surface area contributed by atoms with Gasteiger partial charge in [-0.25, -0.2) is 9.78 Å². The van der Waals surface area contributed by atoms with Crippen molar-refractivity contribution in [1.29, 1.82) is 0 Å². The Hall–Kier alpha value is -1.43. The molecule has 2 N–H and O–H groups in total. The fourth-order valence-corrected chi connectivity index (χ4v) is 1.27. The number of thiazole rings is 1.